The molecular formula is C95H73B2Cl3F3N9O4. The van der Waals surface area contributed by atoms with Crippen LogP contribution in [0.3, 0.4) is 0 Å². The molecule has 1 aliphatic heterocycles. The van der Waals surface area contributed by atoms with Crippen molar-refractivity contribution in [3.63, 3.8) is 0 Å². The van der Waals surface area contributed by atoms with Crippen LogP contribution in [0.25, 0.3) is 156 Å². The summed E-state index contributed by atoms with van der Waals surface area (Å²) in [5.41, 5.74) is 5.87. The number of halogens is 6. The van der Waals surface area contributed by atoms with Gasteiger partial charge < -0.3 is 19.4 Å². The first kappa shape index (κ1) is 80.1. The summed E-state index contributed by atoms with van der Waals surface area (Å²) in [6, 6.07) is 98.7. The van der Waals surface area contributed by atoms with Gasteiger partial charge >= 0.3 is 14.2 Å². The molecule has 15 aromatic carbocycles. The Bertz CT molecular complexity index is 6670. The highest BCUT2D eigenvalue weighted by Crippen LogP contribution is 2.39. The molecule has 4 heterocycles. The molecule has 2 N–H and O–H groups in total. The topological polar surface area (TPSA) is 175 Å². The summed E-state index contributed by atoms with van der Waals surface area (Å²) in [4.78, 5) is 42.0. The zero-order valence-electron chi connectivity index (χ0n) is 61.6. The molecule has 21 heteroatoms. The lowest BCUT2D eigenvalue weighted by Crippen LogP contribution is -2.41. The molecule has 0 atom stereocenters. The molecule has 0 spiro atoms. The minimum Gasteiger partial charge on any atom is -0.423 e. The zero-order valence-corrected chi connectivity index (χ0v) is 63.9. The van der Waals surface area contributed by atoms with Gasteiger partial charge in [-0.05, 0) is 176 Å². The Morgan fingerprint density at radius 3 is 0.922 bits per heavy atom. The normalized spacial score (nSPS) is 12.6. The van der Waals surface area contributed by atoms with Gasteiger partial charge in [0.05, 0.1) is 21.2 Å². The molecule has 13 nitrogen and oxygen atoms in total. The van der Waals surface area contributed by atoms with E-state index in [1.54, 1.807) is 18.2 Å². The van der Waals surface area contributed by atoms with Crippen molar-refractivity contribution in [3.8, 4) is 91.1 Å². The monoisotopic (exact) mass is 1590 g/mol. The maximum absolute atomic E-state index is 15.2. The Balaban J connectivity index is 0.000000136. The number of hydrogen-bond acceptors (Lipinski definition) is 13. The smallest absolute Gasteiger partial charge is 0.423 e. The predicted molar refractivity (Wildman–Crippen MR) is 468 cm³/mol. The van der Waals surface area contributed by atoms with Crippen LogP contribution < -0.4 is 10.9 Å². The second-order valence-corrected chi connectivity index (χ2v) is 29.3. The number of hydrogen-bond donors (Lipinski definition) is 2. The van der Waals surface area contributed by atoms with Crippen molar-refractivity contribution < 1.29 is 32.5 Å². The Morgan fingerprint density at radius 2 is 0.560 bits per heavy atom. The highest BCUT2D eigenvalue weighted by Gasteiger charge is 2.52. The number of nitrogens with zero attached hydrogens (tertiary/aromatic N) is 9. The highest BCUT2D eigenvalue weighted by molar-refractivity contribution is 6.62. The van der Waals surface area contributed by atoms with Crippen molar-refractivity contribution in [2.24, 2.45) is 0 Å². The van der Waals surface area contributed by atoms with Gasteiger partial charge in [0.1, 0.15) is 17.5 Å². The summed E-state index contributed by atoms with van der Waals surface area (Å²) in [5, 5.41) is 31.5. The molecule has 3 aromatic heterocycles. The van der Waals surface area contributed by atoms with E-state index in [-0.39, 0.29) is 35.6 Å². The fourth-order valence-electron chi connectivity index (χ4n) is 13.5. The minimum absolute atomic E-state index is 0. The minimum atomic E-state index is -1.60. The van der Waals surface area contributed by atoms with Gasteiger partial charge in [-0.1, -0.05) is 281 Å². The van der Waals surface area contributed by atoms with Gasteiger partial charge in [-0.3, -0.25) is 0 Å². The molecule has 0 unspecified atom stereocenters. The van der Waals surface area contributed by atoms with Crippen LogP contribution in [-0.4, -0.2) is 80.3 Å². The number of aromatic nitrogens is 9. The van der Waals surface area contributed by atoms with E-state index in [9.17, 15) is 8.78 Å². The van der Waals surface area contributed by atoms with Gasteiger partial charge in [-0.2, -0.15) is 9.97 Å². The van der Waals surface area contributed by atoms with Gasteiger partial charge in [0, 0.05) is 50.0 Å². The quantitative estimate of drug-likeness (QED) is 0.0978. The van der Waals surface area contributed by atoms with E-state index >= 15 is 4.39 Å². The average Bonchev–Trinajstić information content (AvgIpc) is 1.55. The second kappa shape index (κ2) is 34.3. The highest BCUT2D eigenvalue weighted by atomic mass is 35.5. The SMILES string of the molecule is C.C.CC1(C)OB(c2cc(-c3nc(-c4ccccc4)nc(-c4ccc5c(ccc6ccccc65)c4)n3)ccc2F)OC1(C)C.Clc1nc(-c2ccccc2)nc(-c2ccc3c(ccc4ccccc43)c2)n1.Fc1ccc(-c2nc(-c3ccccc3)nc(-c3ccc4c(ccc5ccccc54)c3)n2)cc1Cl.OB(O)c1ccc(F)c(Cl)c1. The standard InChI is InChI=1S/C35H29BFN3O2.C29H17ClFN3.C23H14ClN3.C6H5BClFO2.2CH4/c1-34(2)35(3,4)42-36(41-34)29-21-26(17-19-30(29)37)33-39-31(23-11-6-5-7-12-23)38-32(40-33)25-16-18-28-24(20-25)15-14-22-10-8-9-13-27(22)28;30-25-17-22(13-15-26(25)31)29-33-27(19-7-2-1-3-8-19)32-28(34-29)21-12-14-24-20(16-21)11-10-18-6-4-5-9-23(18)24;24-23-26-21(16-7-2-1-3-8-16)25-22(27-23)18-12-13-20-17(14-18)11-10-15-6-4-5-9-19(15)20;8-5-3-4(7(10)11)1-2-6(5)9;;/h5-21H,1-4H3;1-17H;1-14H;1-3,10-11H;2*1H4. The predicted octanol–water partition coefficient (Wildman–Crippen LogP) is 23.2. The molecule has 0 aliphatic carbocycles. The first-order valence-electron chi connectivity index (χ1n) is 36.5. The largest absolute Gasteiger partial charge is 0.497 e. The van der Waals surface area contributed by atoms with Crippen LogP contribution >= 0.6 is 34.8 Å². The molecule has 0 bridgehead atoms. The third-order valence-electron chi connectivity index (χ3n) is 20.2. The van der Waals surface area contributed by atoms with E-state index < -0.39 is 42.9 Å². The molecule has 116 heavy (non-hydrogen) atoms. The molecule has 19 rings (SSSR count). The van der Waals surface area contributed by atoms with Crippen LogP contribution in [0.5, 0.6) is 0 Å². The average molecular weight is 1590 g/mol. The second-order valence-electron chi connectivity index (χ2n) is 28.1. The van der Waals surface area contributed by atoms with Crippen molar-refractivity contribution >= 4 is 125 Å². The summed E-state index contributed by atoms with van der Waals surface area (Å²) >= 11 is 17.6. The van der Waals surface area contributed by atoms with Crippen LogP contribution in [0, 0.1) is 17.5 Å². The van der Waals surface area contributed by atoms with Crippen molar-refractivity contribution in [1.82, 2.24) is 44.9 Å². The summed E-state index contributed by atoms with van der Waals surface area (Å²) in [6.07, 6.45) is 0. The van der Waals surface area contributed by atoms with Crippen LogP contribution in [-0.2, 0) is 9.31 Å². The van der Waals surface area contributed by atoms with Crippen molar-refractivity contribution in [1.29, 1.82) is 0 Å². The molecule has 18 aromatic rings. The first-order chi connectivity index (χ1) is 55.2. The summed E-state index contributed by atoms with van der Waals surface area (Å²) in [6.45, 7) is 7.80. The first-order valence-corrected chi connectivity index (χ1v) is 37.6. The summed E-state index contributed by atoms with van der Waals surface area (Å²) in [5.74, 6) is 2.72. The Kier molecular flexibility index (Phi) is 23.7. The maximum atomic E-state index is 15.2. The Hall–Kier alpha value is -12.5. The van der Waals surface area contributed by atoms with Gasteiger partial charge in [0.15, 0.2) is 46.6 Å². The van der Waals surface area contributed by atoms with E-state index in [4.69, 9.17) is 79.1 Å². The molecule has 1 saturated heterocycles. The van der Waals surface area contributed by atoms with Crippen LogP contribution in [0.1, 0.15) is 42.5 Å². The van der Waals surface area contributed by atoms with Gasteiger partial charge in [-0.25, -0.2) is 48.1 Å². The van der Waals surface area contributed by atoms with E-state index in [2.05, 4.69) is 147 Å². The number of fused-ring (bicyclic) bond motifs is 9. The zero-order chi connectivity index (χ0) is 78.8. The maximum Gasteiger partial charge on any atom is 0.497 e. The van der Waals surface area contributed by atoms with E-state index in [0.717, 1.165) is 55.6 Å². The van der Waals surface area contributed by atoms with E-state index in [1.807, 2.05) is 155 Å². The Morgan fingerprint density at radius 1 is 0.284 bits per heavy atom. The van der Waals surface area contributed by atoms with Crippen LogP contribution in [0.4, 0.5) is 13.2 Å². The van der Waals surface area contributed by atoms with Gasteiger partial charge in [0.25, 0.3) is 0 Å². The molecule has 1 fully saturated rings. The molecule has 0 saturated carbocycles. The van der Waals surface area contributed by atoms with Crippen molar-refractivity contribution in [2.75, 3.05) is 0 Å². The molecule has 570 valence electrons. The van der Waals surface area contributed by atoms with Crippen molar-refractivity contribution in [2.45, 2.75) is 53.8 Å². The fourth-order valence-corrected chi connectivity index (χ4v) is 14.0. The lowest BCUT2D eigenvalue weighted by atomic mass is 9.78. The van der Waals surface area contributed by atoms with Crippen molar-refractivity contribution in [3.05, 3.63) is 342 Å². The van der Waals surface area contributed by atoms with Crippen LogP contribution in [0.15, 0.2) is 309 Å². The van der Waals surface area contributed by atoms with E-state index in [1.165, 1.54) is 78.8 Å². The lowest BCUT2D eigenvalue weighted by Gasteiger charge is -2.32. The molecule has 0 radical (unpaired) electrons. The molecule has 1 aliphatic rings. The van der Waals surface area contributed by atoms with E-state index in [0.29, 0.717) is 63.2 Å². The lowest BCUT2D eigenvalue weighted by molar-refractivity contribution is 0.00578. The molecular weight excluding hydrogens is 1520 g/mol. The van der Waals surface area contributed by atoms with Gasteiger partial charge in [0.2, 0.25) is 5.28 Å². The molecule has 0 amide bonds. The van der Waals surface area contributed by atoms with Gasteiger partial charge in [-0.15, -0.1) is 0 Å². The summed E-state index contributed by atoms with van der Waals surface area (Å²) < 4.78 is 53.7. The fraction of sp³-hybridized carbons (Fsp3) is 0.0842. The number of benzene rings is 15. The third-order valence-corrected chi connectivity index (χ3v) is 20.9. The summed E-state index contributed by atoms with van der Waals surface area (Å²) in [7, 11) is -2.45. The van der Waals surface area contributed by atoms with Crippen LogP contribution in [0.2, 0.25) is 15.3 Å². The third kappa shape index (κ3) is 17.2. The Labute approximate surface area is 684 Å². The number of rotatable bonds is 10.